The van der Waals surface area contributed by atoms with Crippen LogP contribution in [0.4, 0.5) is 0 Å². The molecule has 2 atom stereocenters. The Hall–Kier alpha value is -1.06. The Morgan fingerprint density at radius 1 is 1.41 bits per heavy atom. The molecule has 0 bridgehead atoms. The fourth-order valence-corrected chi connectivity index (χ4v) is 2.82. The number of nitrogens with one attached hydrogen (secondary N) is 1. The Morgan fingerprint density at radius 3 is 3.12 bits per heavy atom. The molecule has 1 aromatic carbocycles. The third-order valence-corrected chi connectivity index (χ3v) is 3.63. The molecule has 3 heteroatoms. The zero-order valence-electron chi connectivity index (χ0n) is 10.4. The van der Waals surface area contributed by atoms with Gasteiger partial charge in [-0.1, -0.05) is 18.2 Å². The first kappa shape index (κ1) is 11.1. The van der Waals surface area contributed by atoms with Crippen molar-refractivity contribution in [1.29, 1.82) is 0 Å². The standard InChI is InChI=1S/C14H20N2O/c1-11-9-16(7-6-15-11)10-13-8-12-4-2-3-5-14(12)17-13/h2-5,11,13,15H,6-10H2,1H3. The van der Waals surface area contributed by atoms with Gasteiger partial charge in [0, 0.05) is 38.6 Å². The summed E-state index contributed by atoms with van der Waals surface area (Å²) in [5.41, 5.74) is 1.36. The molecule has 1 fully saturated rings. The molecule has 0 amide bonds. The van der Waals surface area contributed by atoms with Crippen LogP contribution in [0, 0.1) is 0 Å². The molecule has 0 aliphatic carbocycles. The Kier molecular flexibility index (Phi) is 3.04. The van der Waals surface area contributed by atoms with E-state index in [2.05, 4.69) is 35.3 Å². The van der Waals surface area contributed by atoms with Gasteiger partial charge in [-0.2, -0.15) is 0 Å². The fourth-order valence-electron chi connectivity index (χ4n) is 2.82. The van der Waals surface area contributed by atoms with Gasteiger partial charge in [0.1, 0.15) is 11.9 Å². The van der Waals surface area contributed by atoms with Crippen LogP contribution in [0.5, 0.6) is 5.75 Å². The third-order valence-electron chi connectivity index (χ3n) is 3.63. The normalized spacial score (nSPS) is 28.8. The zero-order valence-corrected chi connectivity index (χ0v) is 10.4. The predicted octanol–water partition coefficient (Wildman–Crippen LogP) is 1.28. The molecule has 2 aliphatic rings. The Morgan fingerprint density at radius 2 is 2.29 bits per heavy atom. The van der Waals surface area contributed by atoms with Crippen LogP contribution in [-0.2, 0) is 6.42 Å². The molecule has 0 radical (unpaired) electrons. The number of para-hydroxylation sites is 1. The molecule has 1 aromatic rings. The lowest BCUT2D eigenvalue weighted by Gasteiger charge is -2.33. The van der Waals surface area contributed by atoms with Crippen molar-refractivity contribution in [3.8, 4) is 5.75 Å². The van der Waals surface area contributed by atoms with E-state index in [-0.39, 0.29) is 0 Å². The van der Waals surface area contributed by atoms with Gasteiger partial charge in [0.15, 0.2) is 0 Å². The second kappa shape index (κ2) is 4.67. The summed E-state index contributed by atoms with van der Waals surface area (Å²) in [6, 6.07) is 9.00. The van der Waals surface area contributed by atoms with Gasteiger partial charge in [-0.25, -0.2) is 0 Å². The van der Waals surface area contributed by atoms with Gasteiger partial charge in [0.25, 0.3) is 0 Å². The van der Waals surface area contributed by atoms with E-state index in [1.807, 2.05) is 6.07 Å². The number of hydrogen-bond donors (Lipinski definition) is 1. The van der Waals surface area contributed by atoms with Crippen LogP contribution >= 0.6 is 0 Å². The van der Waals surface area contributed by atoms with Crippen molar-refractivity contribution in [2.75, 3.05) is 26.2 Å². The van der Waals surface area contributed by atoms with Crippen molar-refractivity contribution >= 4 is 0 Å². The smallest absolute Gasteiger partial charge is 0.123 e. The van der Waals surface area contributed by atoms with Gasteiger partial charge in [-0.05, 0) is 18.6 Å². The largest absolute Gasteiger partial charge is 0.488 e. The Balaban J connectivity index is 1.58. The van der Waals surface area contributed by atoms with E-state index in [4.69, 9.17) is 4.74 Å². The molecule has 2 heterocycles. The highest BCUT2D eigenvalue weighted by atomic mass is 16.5. The summed E-state index contributed by atoms with van der Waals surface area (Å²) in [5.74, 6) is 1.08. The first-order valence-corrected chi connectivity index (χ1v) is 6.51. The lowest BCUT2D eigenvalue weighted by Crippen LogP contribution is -2.51. The van der Waals surface area contributed by atoms with Crippen molar-refractivity contribution < 1.29 is 4.74 Å². The number of rotatable bonds is 2. The van der Waals surface area contributed by atoms with E-state index in [1.54, 1.807) is 0 Å². The van der Waals surface area contributed by atoms with Gasteiger partial charge in [-0.3, -0.25) is 4.90 Å². The number of fused-ring (bicyclic) bond motifs is 1. The average Bonchev–Trinajstić information content (AvgIpc) is 2.71. The quantitative estimate of drug-likeness (QED) is 0.831. The maximum absolute atomic E-state index is 5.98. The van der Waals surface area contributed by atoms with Crippen molar-refractivity contribution in [3.05, 3.63) is 29.8 Å². The second-order valence-corrected chi connectivity index (χ2v) is 5.17. The molecule has 1 saturated heterocycles. The maximum Gasteiger partial charge on any atom is 0.123 e. The first-order chi connectivity index (χ1) is 8.31. The molecular weight excluding hydrogens is 212 g/mol. The summed E-state index contributed by atoms with van der Waals surface area (Å²) in [5, 5.41) is 3.47. The topological polar surface area (TPSA) is 24.5 Å². The summed E-state index contributed by atoms with van der Waals surface area (Å²) in [4.78, 5) is 2.51. The van der Waals surface area contributed by atoms with E-state index >= 15 is 0 Å². The monoisotopic (exact) mass is 232 g/mol. The fraction of sp³-hybridized carbons (Fsp3) is 0.571. The Bertz CT molecular complexity index is 369. The van der Waals surface area contributed by atoms with Crippen LogP contribution < -0.4 is 10.1 Å². The van der Waals surface area contributed by atoms with Gasteiger partial charge in [0.05, 0.1) is 0 Å². The minimum atomic E-state index is 0.345. The molecule has 0 saturated carbocycles. The molecule has 3 rings (SSSR count). The lowest BCUT2D eigenvalue weighted by atomic mass is 10.1. The van der Waals surface area contributed by atoms with Crippen LogP contribution in [0.25, 0.3) is 0 Å². The number of benzene rings is 1. The van der Waals surface area contributed by atoms with Crippen molar-refractivity contribution in [1.82, 2.24) is 10.2 Å². The molecular formula is C14H20N2O. The first-order valence-electron chi connectivity index (χ1n) is 6.51. The van der Waals surface area contributed by atoms with Gasteiger partial charge < -0.3 is 10.1 Å². The molecule has 2 unspecified atom stereocenters. The SMILES string of the molecule is CC1CN(CC2Cc3ccccc3O2)CCN1. The Labute approximate surface area is 103 Å². The van der Waals surface area contributed by atoms with Gasteiger partial charge in [-0.15, -0.1) is 0 Å². The van der Waals surface area contributed by atoms with Crippen LogP contribution in [0.1, 0.15) is 12.5 Å². The molecule has 0 aromatic heterocycles. The lowest BCUT2D eigenvalue weighted by molar-refractivity contribution is 0.126. The van der Waals surface area contributed by atoms with Crippen LogP contribution in [0.15, 0.2) is 24.3 Å². The average molecular weight is 232 g/mol. The predicted molar refractivity (Wildman–Crippen MR) is 68.5 cm³/mol. The minimum Gasteiger partial charge on any atom is -0.488 e. The van der Waals surface area contributed by atoms with E-state index in [0.717, 1.165) is 38.3 Å². The number of hydrogen-bond acceptors (Lipinski definition) is 3. The van der Waals surface area contributed by atoms with E-state index < -0.39 is 0 Å². The summed E-state index contributed by atoms with van der Waals surface area (Å²) < 4.78 is 5.98. The summed E-state index contributed by atoms with van der Waals surface area (Å²) >= 11 is 0. The van der Waals surface area contributed by atoms with Gasteiger partial charge >= 0.3 is 0 Å². The molecule has 0 spiro atoms. The van der Waals surface area contributed by atoms with Crippen molar-refractivity contribution in [2.24, 2.45) is 0 Å². The molecule has 1 N–H and O–H groups in total. The van der Waals surface area contributed by atoms with Crippen LogP contribution in [0.3, 0.4) is 0 Å². The number of piperazine rings is 1. The highest BCUT2D eigenvalue weighted by Crippen LogP contribution is 2.28. The second-order valence-electron chi connectivity index (χ2n) is 5.17. The zero-order chi connectivity index (χ0) is 11.7. The molecule has 3 nitrogen and oxygen atoms in total. The number of ether oxygens (including phenoxy) is 1. The highest BCUT2D eigenvalue weighted by molar-refractivity contribution is 5.37. The van der Waals surface area contributed by atoms with Crippen LogP contribution in [-0.4, -0.2) is 43.2 Å². The van der Waals surface area contributed by atoms with Gasteiger partial charge in [0.2, 0.25) is 0 Å². The van der Waals surface area contributed by atoms with Crippen molar-refractivity contribution in [2.45, 2.75) is 25.5 Å². The highest BCUT2D eigenvalue weighted by Gasteiger charge is 2.26. The maximum atomic E-state index is 5.98. The van der Waals surface area contributed by atoms with Crippen molar-refractivity contribution in [3.63, 3.8) is 0 Å². The van der Waals surface area contributed by atoms with Crippen LogP contribution in [0.2, 0.25) is 0 Å². The third kappa shape index (κ3) is 2.45. The molecule has 17 heavy (non-hydrogen) atoms. The molecule has 92 valence electrons. The van der Waals surface area contributed by atoms with E-state index in [0.29, 0.717) is 12.1 Å². The summed E-state index contributed by atoms with van der Waals surface area (Å²) in [7, 11) is 0. The minimum absolute atomic E-state index is 0.345. The number of nitrogens with zero attached hydrogens (tertiary/aromatic N) is 1. The molecule has 2 aliphatic heterocycles. The summed E-state index contributed by atoms with van der Waals surface area (Å²) in [6.45, 7) is 6.68. The summed E-state index contributed by atoms with van der Waals surface area (Å²) in [6.07, 6.45) is 1.41. The van der Waals surface area contributed by atoms with E-state index in [9.17, 15) is 0 Å². The van der Waals surface area contributed by atoms with E-state index in [1.165, 1.54) is 5.56 Å².